The summed E-state index contributed by atoms with van der Waals surface area (Å²) in [5.41, 5.74) is 1.60. The molecule has 0 saturated heterocycles. The fourth-order valence-electron chi connectivity index (χ4n) is 2.49. The summed E-state index contributed by atoms with van der Waals surface area (Å²) in [6.45, 7) is 3.85. The number of ether oxygens (including phenoxy) is 1. The maximum absolute atomic E-state index is 12.4. The lowest BCUT2D eigenvalue weighted by Gasteiger charge is -2.18. The number of carbonyl (C=O) groups is 1. The molecule has 4 nitrogen and oxygen atoms in total. The maximum atomic E-state index is 12.4. The second-order valence-corrected chi connectivity index (χ2v) is 6.47. The molecule has 3 N–H and O–H groups in total. The lowest BCUT2D eigenvalue weighted by Crippen LogP contribution is -2.91. The fraction of sp³-hybridized carbons (Fsp3) is 0.278. The molecule has 0 aromatic heterocycles. The van der Waals surface area contributed by atoms with Crippen LogP contribution in [0.25, 0.3) is 0 Å². The maximum Gasteiger partial charge on any atom is 0.282 e. The fourth-order valence-corrected chi connectivity index (χ4v) is 3.07. The van der Waals surface area contributed by atoms with Crippen molar-refractivity contribution in [2.75, 3.05) is 12.4 Å². The van der Waals surface area contributed by atoms with Crippen LogP contribution in [0, 0.1) is 0 Å². The van der Waals surface area contributed by atoms with Crippen molar-refractivity contribution in [3.63, 3.8) is 0 Å². The first-order chi connectivity index (χ1) is 11.4. The second-order valence-electron chi connectivity index (χ2n) is 5.63. The van der Waals surface area contributed by atoms with Crippen LogP contribution in [0.3, 0.4) is 0 Å². The largest absolute Gasteiger partial charge is 0.495 e. The van der Waals surface area contributed by atoms with Gasteiger partial charge in [0.05, 0.1) is 17.8 Å². The highest BCUT2D eigenvalue weighted by Crippen LogP contribution is 2.25. The van der Waals surface area contributed by atoms with E-state index < -0.39 is 0 Å². The Labute approximate surface area is 152 Å². The summed E-state index contributed by atoms with van der Waals surface area (Å²) in [6.07, 6.45) is 0. The molecule has 0 bridgehead atoms. The minimum atomic E-state index is -0.295. The lowest BCUT2D eigenvalue weighted by molar-refractivity contribution is -0.709. The Bertz CT molecular complexity index is 722. The third-order valence-electron chi connectivity index (χ3n) is 3.81. The van der Waals surface area contributed by atoms with E-state index in [2.05, 4.69) is 5.32 Å². The van der Waals surface area contributed by atoms with Crippen molar-refractivity contribution in [2.45, 2.75) is 25.9 Å². The van der Waals surface area contributed by atoms with Crippen LogP contribution in [0.15, 0.2) is 42.5 Å². The molecule has 0 aliphatic carbocycles. The topological polar surface area (TPSA) is 54.9 Å². The molecule has 2 rings (SSSR count). The van der Waals surface area contributed by atoms with Crippen LogP contribution in [-0.4, -0.2) is 19.1 Å². The van der Waals surface area contributed by atoms with Gasteiger partial charge in [0.1, 0.15) is 11.8 Å². The number of nitrogens with one attached hydrogen (secondary N) is 1. The molecule has 0 aliphatic rings. The van der Waals surface area contributed by atoms with Crippen molar-refractivity contribution >= 4 is 34.8 Å². The summed E-state index contributed by atoms with van der Waals surface area (Å²) in [5, 5.41) is 6.05. The second kappa shape index (κ2) is 8.38. The van der Waals surface area contributed by atoms with Crippen LogP contribution in [0.1, 0.15) is 25.5 Å². The monoisotopic (exact) mass is 367 g/mol. The quantitative estimate of drug-likeness (QED) is 0.818. The van der Waals surface area contributed by atoms with E-state index in [0.717, 1.165) is 5.56 Å². The lowest BCUT2D eigenvalue weighted by atomic mass is 10.1. The van der Waals surface area contributed by atoms with Gasteiger partial charge in [-0.3, -0.25) is 4.79 Å². The molecule has 6 heteroatoms. The van der Waals surface area contributed by atoms with Gasteiger partial charge in [-0.1, -0.05) is 41.4 Å². The van der Waals surface area contributed by atoms with Gasteiger partial charge in [0, 0.05) is 10.6 Å². The van der Waals surface area contributed by atoms with E-state index in [4.69, 9.17) is 27.9 Å². The first-order valence-corrected chi connectivity index (χ1v) is 8.41. The number of carbonyl (C=O) groups excluding carboxylic acids is 1. The zero-order valence-electron chi connectivity index (χ0n) is 13.8. The minimum Gasteiger partial charge on any atom is -0.495 e. The highest BCUT2D eigenvalue weighted by molar-refractivity contribution is 6.35. The van der Waals surface area contributed by atoms with Gasteiger partial charge in [0.15, 0.2) is 6.04 Å². The van der Waals surface area contributed by atoms with E-state index >= 15 is 0 Å². The summed E-state index contributed by atoms with van der Waals surface area (Å²) in [6, 6.07) is 12.4. The number of quaternary nitrogens is 1. The molecule has 0 heterocycles. The molecule has 2 aromatic rings. The van der Waals surface area contributed by atoms with Gasteiger partial charge in [0.25, 0.3) is 5.91 Å². The summed E-state index contributed by atoms with van der Waals surface area (Å²) in [5.74, 6) is 0.531. The molecular weight excluding hydrogens is 347 g/mol. The predicted molar refractivity (Wildman–Crippen MR) is 97.9 cm³/mol. The normalized spacial score (nSPS) is 13.2. The van der Waals surface area contributed by atoms with Gasteiger partial charge in [-0.05, 0) is 38.1 Å². The van der Waals surface area contributed by atoms with Gasteiger partial charge >= 0.3 is 0 Å². The summed E-state index contributed by atoms with van der Waals surface area (Å²) in [7, 11) is 1.57. The Balaban J connectivity index is 2.03. The van der Waals surface area contributed by atoms with Crippen LogP contribution in [0.4, 0.5) is 5.69 Å². The first-order valence-electron chi connectivity index (χ1n) is 7.66. The molecule has 1 amide bonds. The third kappa shape index (κ3) is 4.63. The molecule has 2 aromatic carbocycles. The molecule has 0 fully saturated rings. The van der Waals surface area contributed by atoms with Crippen LogP contribution in [0.2, 0.25) is 10.0 Å². The molecule has 0 aliphatic heterocycles. The van der Waals surface area contributed by atoms with E-state index in [1.807, 2.05) is 43.4 Å². The number of nitrogens with two attached hydrogens (primary N) is 1. The highest BCUT2D eigenvalue weighted by atomic mass is 35.5. The standard InChI is InChI=1S/C18H20Cl2N2O2/c1-11(14-9-8-13(19)10-15(14)20)21-12(2)18(23)22-16-6-4-5-7-17(16)24-3/h4-12,21H,1-3H3,(H,22,23)/p+1/t11-,12-/m0/s1. The smallest absolute Gasteiger partial charge is 0.282 e. The van der Waals surface area contributed by atoms with Crippen molar-refractivity contribution in [2.24, 2.45) is 0 Å². The van der Waals surface area contributed by atoms with E-state index in [1.54, 1.807) is 25.3 Å². The number of anilines is 1. The Kier molecular flexibility index (Phi) is 6.49. The van der Waals surface area contributed by atoms with E-state index in [0.29, 0.717) is 21.5 Å². The Morgan fingerprint density at radius 3 is 2.54 bits per heavy atom. The number of rotatable bonds is 6. The van der Waals surface area contributed by atoms with E-state index in [1.165, 1.54) is 0 Å². The molecule has 0 radical (unpaired) electrons. The van der Waals surface area contributed by atoms with Crippen molar-refractivity contribution in [3.05, 3.63) is 58.1 Å². The molecule has 24 heavy (non-hydrogen) atoms. The van der Waals surface area contributed by atoms with Gasteiger partial charge < -0.3 is 15.4 Å². The summed E-state index contributed by atoms with van der Waals surface area (Å²) in [4.78, 5) is 12.4. The number of hydrogen-bond donors (Lipinski definition) is 2. The molecule has 0 unspecified atom stereocenters. The van der Waals surface area contributed by atoms with Crippen molar-refractivity contribution in [1.82, 2.24) is 0 Å². The number of halogens is 2. The molecule has 0 spiro atoms. The van der Waals surface area contributed by atoms with E-state index in [9.17, 15) is 4.79 Å². The third-order valence-corrected chi connectivity index (χ3v) is 4.37. The average Bonchev–Trinajstić information content (AvgIpc) is 2.55. The highest BCUT2D eigenvalue weighted by Gasteiger charge is 2.22. The molecule has 0 saturated carbocycles. The Hall–Kier alpha value is -1.75. The molecule has 128 valence electrons. The number of methoxy groups -OCH3 is 1. The number of benzene rings is 2. The zero-order valence-corrected chi connectivity index (χ0v) is 15.4. The predicted octanol–water partition coefficient (Wildman–Crippen LogP) is 3.65. The van der Waals surface area contributed by atoms with Crippen LogP contribution < -0.4 is 15.4 Å². The number of hydrogen-bond acceptors (Lipinski definition) is 2. The number of amides is 1. The van der Waals surface area contributed by atoms with Gasteiger partial charge in [-0.25, -0.2) is 0 Å². The Morgan fingerprint density at radius 2 is 1.88 bits per heavy atom. The van der Waals surface area contributed by atoms with Crippen molar-refractivity contribution < 1.29 is 14.8 Å². The van der Waals surface area contributed by atoms with Crippen LogP contribution in [0.5, 0.6) is 5.75 Å². The molecular formula is C18H21Cl2N2O2+. The van der Waals surface area contributed by atoms with Gasteiger partial charge in [0.2, 0.25) is 0 Å². The van der Waals surface area contributed by atoms with Gasteiger partial charge in [-0.15, -0.1) is 0 Å². The summed E-state index contributed by atoms with van der Waals surface area (Å²) < 4.78 is 5.25. The average molecular weight is 368 g/mol. The van der Waals surface area contributed by atoms with Crippen molar-refractivity contribution in [3.8, 4) is 5.75 Å². The Morgan fingerprint density at radius 1 is 1.17 bits per heavy atom. The SMILES string of the molecule is COc1ccccc1NC(=O)[C@H](C)[NH2+][C@@H](C)c1ccc(Cl)cc1Cl. The minimum absolute atomic E-state index is 0.0215. The van der Waals surface area contributed by atoms with E-state index in [-0.39, 0.29) is 18.0 Å². The van der Waals surface area contributed by atoms with Crippen LogP contribution in [-0.2, 0) is 4.79 Å². The summed E-state index contributed by atoms with van der Waals surface area (Å²) >= 11 is 12.2. The number of para-hydroxylation sites is 2. The van der Waals surface area contributed by atoms with Crippen molar-refractivity contribution in [1.29, 1.82) is 0 Å². The van der Waals surface area contributed by atoms with Crippen LogP contribution >= 0.6 is 23.2 Å². The molecule has 2 atom stereocenters. The first kappa shape index (κ1) is 18.6. The zero-order chi connectivity index (χ0) is 17.7. The van der Waals surface area contributed by atoms with Gasteiger partial charge in [-0.2, -0.15) is 0 Å².